The largest absolute Gasteiger partial charge is 0.367 e. The minimum atomic E-state index is -0.272. The van der Waals surface area contributed by atoms with Crippen LogP contribution in [0.2, 0.25) is 0 Å². The molecule has 1 aliphatic heterocycles. The molecule has 2 aromatic heterocycles. The van der Waals surface area contributed by atoms with E-state index in [9.17, 15) is 4.79 Å². The third-order valence-corrected chi connectivity index (χ3v) is 4.19. The van der Waals surface area contributed by atoms with Crippen molar-refractivity contribution < 1.29 is 9.53 Å². The molecule has 1 unspecified atom stereocenters. The van der Waals surface area contributed by atoms with Crippen LogP contribution >= 0.6 is 0 Å². The van der Waals surface area contributed by atoms with Crippen molar-refractivity contribution in [1.29, 1.82) is 0 Å². The number of carbonyl (C=O) groups is 1. The van der Waals surface area contributed by atoms with Gasteiger partial charge in [0, 0.05) is 18.3 Å². The molecule has 1 aliphatic rings. The van der Waals surface area contributed by atoms with Gasteiger partial charge < -0.3 is 9.64 Å². The van der Waals surface area contributed by atoms with Gasteiger partial charge in [0.25, 0.3) is 5.91 Å². The molecule has 1 amide bonds. The van der Waals surface area contributed by atoms with E-state index in [2.05, 4.69) is 20.3 Å². The van der Waals surface area contributed by atoms with Gasteiger partial charge in [0.2, 0.25) is 0 Å². The SMILES string of the molecule is Cc1ccn(-c2ccc(C(=O)N3CCOC(c4ncn[nH]4)C3)cc2)n1. The number of aromatic nitrogens is 5. The van der Waals surface area contributed by atoms with E-state index in [0.29, 0.717) is 31.1 Å². The van der Waals surface area contributed by atoms with Crippen LogP contribution in [-0.2, 0) is 4.74 Å². The Morgan fingerprint density at radius 3 is 2.80 bits per heavy atom. The first kappa shape index (κ1) is 15.5. The van der Waals surface area contributed by atoms with Gasteiger partial charge in [-0.05, 0) is 37.3 Å². The van der Waals surface area contributed by atoms with E-state index in [-0.39, 0.29) is 12.0 Å². The number of aromatic amines is 1. The quantitative estimate of drug-likeness (QED) is 0.782. The van der Waals surface area contributed by atoms with E-state index in [0.717, 1.165) is 11.4 Å². The Morgan fingerprint density at radius 1 is 1.28 bits per heavy atom. The Morgan fingerprint density at radius 2 is 2.12 bits per heavy atom. The third kappa shape index (κ3) is 3.16. The van der Waals surface area contributed by atoms with Crippen molar-refractivity contribution in [3.8, 4) is 5.69 Å². The normalized spacial score (nSPS) is 17.6. The van der Waals surface area contributed by atoms with E-state index in [1.54, 1.807) is 9.58 Å². The van der Waals surface area contributed by atoms with Gasteiger partial charge in [-0.2, -0.15) is 10.2 Å². The van der Waals surface area contributed by atoms with Gasteiger partial charge in [0.05, 0.1) is 24.5 Å². The summed E-state index contributed by atoms with van der Waals surface area (Å²) in [5.74, 6) is 0.623. The van der Waals surface area contributed by atoms with Crippen LogP contribution in [0.4, 0.5) is 0 Å². The lowest BCUT2D eigenvalue weighted by Gasteiger charge is -2.31. The van der Waals surface area contributed by atoms with Crippen LogP contribution in [-0.4, -0.2) is 55.5 Å². The van der Waals surface area contributed by atoms with Crippen molar-refractivity contribution in [2.45, 2.75) is 13.0 Å². The second-order valence-corrected chi connectivity index (χ2v) is 5.93. The first-order valence-corrected chi connectivity index (χ1v) is 8.09. The van der Waals surface area contributed by atoms with E-state index in [4.69, 9.17) is 4.74 Å². The lowest BCUT2D eigenvalue weighted by molar-refractivity contribution is -0.0266. The van der Waals surface area contributed by atoms with Gasteiger partial charge in [-0.1, -0.05) is 0 Å². The highest BCUT2D eigenvalue weighted by Gasteiger charge is 2.27. The summed E-state index contributed by atoms with van der Waals surface area (Å²) >= 11 is 0. The van der Waals surface area contributed by atoms with Crippen molar-refractivity contribution in [3.05, 3.63) is 59.9 Å². The lowest BCUT2D eigenvalue weighted by atomic mass is 10.1. The molecule has 0 spiro atoms. The maximum absolute atomic E-state index is 12.8. The van der Waals surface area contributed by atoms with Gasteiger partial charge in [-0.25, -0.2) is 9.67 Å². The molecular formula is C17H18N6O2. The molecule has 1 aromatic carbocycles. The molecule has 4 rings (SSSR count). The number of aryl methyl sites for hydroxylation is 1. The van der Waals surface area contributed by atoms with E-state index in [1.165, 1.54) is 6.33 Å². The molecule has 3 heterocycles. The third-order valence-electron chi connectivity index (χ3n) is 4.19. The minimum absolute atomic E-state index is 0.0176. The molecule has 1 saturated heterocycles. The standard InChI is InChI=1S/C17H18N6O2/c1-12-6-7-23(21-12)14-4-2-13(3-5-14)17(24)22-8-9-25-15(10-22)16-18-11-19-20-16/h2-7,11,15H,8-10H2,1H3,(H,18,19,20). The summed E-state index contributed by atoms with van der Waals surface area (Å²) in [5.41, 5.74) is 2.52. The fourth-order valence-corrected chi connectivity index (χ4v) is 2.87. The zero-order valence-electron chi connectivity index (χ0n) is 13.8. The number of ether oxygens (including phenoxy) is 1. The lowest BCUT2D eigenvalue weighted by Crippen LogP contribution is -2.42. The highest BCUT2D eigenvalue weighted by molar-refractivity contribution is 5.94. The number of hydrogen-bond donors (Lipinski definition) is 1. The molecule has 0 bridgehead atoms. The number of hydrogen-bond acceptors (Lipinski definition) is 5. The van der Waals surface area contributed by atoms with Crippen LogP contribution in [0.15, 0.2) is 42.9 Å². The van der Waals surface area contributed by atoms with Gasteiger partial charge in [0.15, 0.2) is 5.82 Å². The topological polar surface area (TPSA) is 88.9 Å². The van der Waals surface area contributed by atoms with E-state index < -0.39 is 0 Å². The molecule has 0 saturated carbocycles. The predicted octanol–water partition coefficient (Wildman–Crippen LogP) is 1.51. The van der Waals surface area contributed by atoms with Crippen LogP contribution < -0.4 is 0 Å². The average molecular weight is 338 g/mol. The fourth-order valence-electron chi connectivity index (χ4n) is 2.87. The van der Waals surface area contributed by atoms with E-state index in [1.807, 2.05) is 43.5 Å². The Bertz CT molecular complexity index is 856. The molecule has 128 valence electrons. The molecule has 3 aromatic rings. The summed E-state index contributed by atoms with van der Waals surface area (Å²) in [5, 5.41) is 11.0. The molecule has 1 atom stereocenters. The molecule has 1 N–H and O–H groups in total. The number of benzene rings is 1. The molecule has 8 heteroatoms. The molecule has 8 nitrogen and oxygen atoms in total. The van der Waals surface area contributed by atoms with Gasteiger partial charge in [-0.15, -0.1) is 0 Å². The summed E-state index contributed by atoms with van der Waals surface area (Å²) in [6, 6.07) is 9.39. The number of nitrogens with one attached hydrogen (secondary N) is 1. The van der Waals surface area contributed by atoms with Gasteiger partial charge in [0.1, 0.15) is 12.4 Å². The monoisotopic (exact) mass is 338 g/mol. The Kier molecular flexibility index (Phi) is 4.02. The maximum Gasteiger partial charge on any atom is 0.254 e. The number of carbonyl (C=O) groups excluding carboxylic acids is 1. The van der Waals surface area contributed by atoms with Crippen LogP contribution in [0, 0.1) is 6.92 Å². The Balaban J connectivity index is 1.48. The zero-order valence-corrected chi connectivity index (χ0v) is 13.8. The number of amides is 1. The van der Waals surface area contributed by atoms with Crippen molar-refractivity contribution >= 4 is 5.91 Å². The molecule has 25 heavy (non-hydrogen) atoms. The highest BCUT2D eigenvalue weighted by atomic mass is 16.5. The minimum Gasteiger partial charge on any atom is -0.367 e. The van der Waals surface area contributed by atoms with Crippen molar-refractivity contribution in [3.63, 3.8) is 0 Å². The van der Waals surface area contributed by atoms with Crippen LogP contribution in [0.3, 0.4) is 0 Å². The molecule has 1 fully saturated rings. The summed E-state index contributed by atoms with van der Waals surface area (Å²) in [6.45, 7) is 3.43. The molecular weight excluding hydrogens is 320 g/mol. The van der Waals surface area contributed by atoms with Gasteiger partial charge >= 0.3 is 0 Å². The van der Waals surface area contributed by atoms with Crippen molar-refractivity contribution in [2.75, 3.05) is 19.7 Å². The van der Waals surface area contributed by atoms with Crippen molar-refractivity contribution in [1.82, 2.24) is 29.9 Å². The summed E-state index contributed by atoms with van der Waals surface area (Å²) in [4.78, 5) is 18.7. The number of nitrogens with zero attached hydrogens (tertiary/aromatic N) is 5. The second-order valence-electron chi connectivity index (χ2n) is 5.93. The smallest absolute Gasteiger partial charge is 0.254 e. The first-order chi connectivity index (χ1) is 12.2. The average Bonchev–Trinajstić information content (AvgIpc) is 3.33. The summed E-state index contributed by atoms with van der Waals surface area (Å²) < 4.78 is 7.47. The van der Waals surface area contributed by atoms with Crippen LogP contribution in [0.25, 0.3) is 5.69 Å². The second kappa shape index (κ2) is 6.48. The van der Waals surface area contributed by atoms with Gasteiger partial charge in [-0.3, -0.25) is 9.89 Å². The zero-order chi connectivity index (χ0) is 17.2. The number of rotatable bonds is 3. The first-order valence-electron chi connectivity index (χ1n) is 8.09. The van der Waals surface area contributed by atoms with Crippen LogP contribution in [0.5, 0.6) is 0 Å². The maximum atomic E-state index is 12.8. The Labute approximate surface area is 144 Å². The highest BCUT2D eigenvalue weighted by Crippen LogP contribution is 2.20. The number of morpholine rings is 1. The predicted molar refractivity (Wildman–Crippen MR) is 89.3 cm³/mol. The summed E-state index contributed by atoms with van der Waals surface area (Å²) in [7, 11) is 0. The molecule has 0 radical (unpaired) electrons. The van der Waals surface area contributed by atoms with Crippen LogP contribution in [0.1, 0.15) is 28.0 Å². The van der Waals surface area contributed by atoms with Crippen molar-refractivity contribution in [2.24, 2.45) is 0 Å². The fraction of sp³-hybridized carbons (Fsp3) is 0.294. The molecule has 0 aliphatic carbocycles. The summed E-state index contributed by atoms with van der Waals surface area (Å²) in [6.07, 6.45) is 3.07. The number of H-pyrrole nitrogens is 1. The Hall–Kier alpha value is -3.00. The van der Waals surface area contributed by atoms with E-state index >= 15 is 0 Å².